The molecule has 1 aromatic carbocycles. The maximum atomic E-state index is 13.1. The van der Waals surface area contributed by atoms with Crippen LogP contribution in [-0.2, 0) is 7.05 Å². The number of nitrogens with one attached hydrogen (secondary N) is 1. The third-order valence-corrected chi connectivity index (χ3v) is 5.68. The second kappa shape index (κ2) is 7.20. The van der Waals surface area contributed by atoms with Gasteiger partial charge < -0.3 is 4.57 Å². The molecular weight excluding hydrogens is 398 g/mol. The summed E-state index contributed by atoms with van der Waals surface area (Å²) in [4.78, 5) is 27.4. The first-order chi connectivity index (χ1) is 14.6. The number of hydrogen-bond acceptors (Lipinski definition) is 6. The lowest BCUT2D eigenvalue weighted by atomic mass is 10.1. The number of benzene rings is 1. The summed E-state index contributed by atoms with van der Waals surface area (Å²) in [5.74, 6) is 0.502. The van der Waals surface area contributed by atoms with E-state index in [9.17, 15) is 4.79 Å². The van der Waals surface area contributed by atoms with Gasteiger partial charge in [-0.25, -0.2) is 19.5 Å². The van der Waals surface area contributed by atoms with Crippen LogP contribution in [0.4, 0.5) is 5.13 Å². The molecule has 148 valence electrons. The van der Waals surface area contributed by atoms with E-state index < -0.39 is 0 Å². The van der Waals surface area contributed by atoms with Crippen LogP contribution in [-0.4, -0.2) is 35.0 Å². The Kier molecular flexibility index (Phi) is 4.36. The number of rotatable bonds is 4. The normalized spacial score (nSPS) is 11.1. The predicted molar refractivity (Wildman–Crippen MR) is 115 cm³/mol. The molecule has 8 nitrogen and oxygen atoms in total. The first-order valence-electron chi connectivity index (χ1n) is 9.27. The number of aryl methyl sites for hydroxylation is 2. The number of fused-ring (bicyclic) bond motifs is 1. The van der Waals surface area contributed by atoms with Gasteiger partial charge in [0.2, 0.25) is 0 Å². The minimum Gasteiger partial charge on any atom is -0.333 e. The Bertz CT molecular complexity index is 1370. The average molecular weight is 415 g/mol. The van der Waals surface area contributed by atoms with Gasteiger partial charge in [-0.2, -0.15) is 5.10 Å². The lowest BCUT2D eigenvalue weighted by molar-refractivity contribution is 0.102. The van der Waals surface area contributed by atoms with Crippen LogP contribution in [0.3, 0.4) is 0 Å². The van der Waals surface area contributed by atoms with E-state index in [0.717, 1.165) is 22.0 Å². The molecule has 0 spiro atoms. The number of thiazole rings is 1. The van der Waals surface area contributed by atoms with Crippen molar-refractivity contribution in [2.45, 2.75) is 6.92 Å². The minimum absolute atomic E-state index is 0.291. The first kappa shape index (κ1) is 18.2. The number of nitrogens with zero attached hydrogens (tertiary/aromatic N) is 6. The molecular formula is C21H17N7OS. The van der Waals surface area contributed by atoms with Crippen molar-refractivity contribution in [3.05, 3.63) is 72.4 Å². The number of aromatic nitrogens is 6. The van der Waals surface area contributed by atoms with E-state index in [0.29, 0.717) is 22.0 Å². The Labute approximate surface area is 175 Å². The summed E-state index contributed by atoms with van der Waals surface area (Å²) in [6.07, 6.45) is 7.04. The van der Waals surface area contributed by atoms with Crippen molar-refractivity contribution in [3.63, 3.8) is 0 Å². The maximum Gasteiger partial charge on any atom is 0.263 e. The van der Waals surface area contributed by atoms with Crippen molar-refractivity contribution in [2.24, 2.45) is 7.05 Å². The van der Waals surface area contributed by atoms with E-state index in [2.05, 4.69) is 20.4 Å². The first-order valence-corrected chi connectivity index (χ1v) is 10.1. The standard InChI is InChI=1S/C21H17N7OS/c1-13-15(18-22-9-6-11-28(18)26-13)20(29)25-21-24-16(14-7-4-3-5-8-14)17(30-21)19-23-10-12-27(19)2/h3-12H,1-2H3,(H,24,25,29). The summed E-state index contributed by atoms with van der Waals surface area (Å²) in [5.41, 5.74) is 3.29. The van der Waals surface area contributed by atoms with Crippen LogP contribution in [0, 0.1) is 6.92 Å². The van der Waals surface area contributed by atoms with E-state index in [1.807, 2.05) is 48.1 Å². The van der Waals surface area contributed by atoms with Gasteiger partial charge >= 0.3 is 0 Å². The largest absolute Gasteiger partial charge is 0.333 e. The third kappa shape index (κ3) is 3.05. The highest BCUT2D eigenvalue weighted by Gasteiger charge is 2.22. The fraction of sp³-hybridized carbons (Fsp3) is 0.0952. The zero-order chi connectivity index (χ0) is 20.7. The number of imidazole rings is 1. The summed E-state index contributed by atoms with van der Waals surface area (Å²) < 4.78 is 3.53. The third-order valence-electron chi connectivity index (χ3n) is 4.72. The molecule has 0 aliphatic heterocycles. The van der Waals surface area contributed by atoms with E-state index in [1.165, 1.54) is 11.3 Å². The highest BCUT2D eigenvalue weighted by molar-refractivity contribution is 7.19. The number of hydrogen-bond donors (Lipinski definition) is 1. The lowest BCUT2D eigenvalue weighted by Gasteiger charge is -2.02. The predicted octanol–water partition coefficient (Wildman–Crippen LogP) is 3.81. The molecule has 0 saturated heterocycles. The molecule has 5 aromatic rings. The smallest absolute Gasteiger partial charge is 0.263 e. The van der Waals surface area contributed by atoms with E-state index >= 15 is 0 Å². The van der Waals surface area contributed by atoms with Crippen LogP contribution >= 0.6 is 11.3 Å². The quantitative estimate of drug-likeness (QED) is 0.482. The van der Waals surface area contributed by atoms with Crippen LogP contribution in [0.15, 0.2) is 61.2 Å². The summed E-state index contributed by atoms with van der Waals surface area (Å²) in [6.45, 7) is 1.79. The van der Waals surface area contributed by atoms with Crippen molar-refractivity contribution in [1.82, 2.24) is 29.1 Å². The van der Waals surface area contributed by atoms with Crippen molar-refractivity contribution < 1.29 is 4.79 Å². The van der Waals surface area contributed by atoms with E-state index in [-0.39, 0.29) is 5.91 Å². The van der Waals surface area contributed by atoms with Crippen LogP contribution in [0.2, 0.25) is 0 Å². The van der Waals surface area contributed by atoms with Gasteiger partial charge in [0.25, 0.3) is 5.91 Å². The summed E-state index contributed by atoms with van der Waals surface area (Å²) in [5, 5.41) is 7.78. The van der Waals surface area contributed by atoms with Crippen molar-refractivity contribution in [3.8, 4) is 22.0 Å². The summed E-state index contributed by atoms with van der Waals surface area (Å²) >= 11 is 1.39. The molecule has 0 saturated carbocycles. The zero-order valence-electron chi connectivity index (χ0n) is 16.3. The molecule has 0 bridgehead atoms. The fourth-order valence-corrected chi connectivity index (χ4v) is 4.35. The zero-order valence-corrected chi connectivity index (χ0v) is 17.1. The summed E-state index contributed by atoms with van der Waals surface area (Å²) in [7, 11) is 1.93. The van der Waals surface area contributed by atoms with Crippen LogP contribution in [0.25, 0.3) is 27.6 Å². The number of carbonyl (C=O) groups excluding carboxylic acids is 1. The molecule has 0 aliphatic carbocycles. The van der Waals surface area contributed by atoms with Gasteiger partial charge in [-0.1, -0.05) is 41.7 Å². The molecule has 4 heterocycles. The van der Waals surface area contributed by atoms with Gasteiger partial charge in [-0.05, 0) is 13.0 Å². The van der Waals surface area contributed by atoms with E-state index in [1.54, 1.807) is 36.1 Å². The second-order valence-corrected chi connectivity index (χ2v) is 7.73. The van der Waals surface area contributed by atoms with Crippen molar-refractivity contribution in [1.29, 1.82) is 0 Å². The van der Waals surface area contributed by atoms with Crippen molar-refractivity contribution in [2.75, 3.05) is 5.32 Å². The Hall–Kier alpha value is -3.85. The molecule has 4 aromatic heterocycles. The maximum absolute atomic E-state index is 13.1. The molecule has 0 atom stereocenters. The second-order valence-electron chi connectivity index (χ2n) is 6.73. The molecule has 9 heteroatoms. The Morgan fingerprint density at radius 3 is 2.67 bits per heavy atom. The Morgan fingerprint density at radius 2 is 1.90 bits per heavy atom. The molecule has 30 heavy (non-hydrogen) atoms. The van der Waals surface area contributed by atoms with Gasteiger partial charge in [0.1, 0.15) is 5.56 Å². The van der Waals surface area contributed by atoms with Crippen LogP contribution in [0.1, 0.15) is 16.1 Å². The molecule has 0 radical (unpaired) electrons. The average Bonchev–Trinajstić information content (AvgIpc) is 3.44. The van der Waals surface area contributed by atoms with Gasteiger partial charge in [-0.3, -0.25) is 10.1 Å². The number of amides is 1. The fourth-order valence-electron chi connectivity index (χ4n) is 3.32. The van der Waals surface area contributed by atoms with Crippen LogP contribution < -0.4 is 5.32 Å². The van der Waals surface area contributed by atoms with Gasteiger partial charge in [0.15, 0.2) is 16.6 Å². The highest BCUT2D eigenvalue weighted by atomic mass is 32.1. The van der Waals surface area contributed by atoms with E-state index in [4.69, 9.17) is 4.98 Å². The Morgan fingerprint density at radius 1 is 1.07 bits per heavy atom. The Balaban J connectivity index is 1.57. The number of anilines is 1. The SMILES string of the molecule is Cc1nn2cccnc2c1C(=O)Nc1nc(-c2ccccc2)c(-c2nccn2C)s1. The van der Waals surface area contributed by atoms with Gasteiger partial charge in [-0.15, -0.1) is 0 Å². The monoisotopic (exact) mass is 415 g/mol. The minimum atomic E-state index is -0.291. The molecule has 1 amide bonds. The molecule has 0 aliphatic rings. The van der Waals surface area contributed by atoms with Gasteiger partial charge in [0.05, 0.1) is 16.3 Å². The molecule has 0 unspecified atom stereocenters. The van der Waals surface area contributed by atoms with Crippen LogP contribution in [0.5, 0.6) is 0 Å². The number of carbonyl (C=O) groups is 1. The summed E-state index contributed by atoms with van der Waals surface area (Å²) in [6, 6.07) is 11.6. The molecule has 5 rings (SSSR count). The lowest BCUT2D eigenvalue weighted by Crippen LogP contribution is -2.13. The highest BCUT2D eigenvalue weighted by Crippen LogP contribution is 2.38. The topological polar surface area (TPSA) is 90.0 Å². The molecule has 1 N–H and O–H groups in total. The van der Waals surface area contributed by atoms with Gasteiger partial charge in [0, 0.05) is 37.4 Å². The molecule has 0 fully saturated rings. The van der Waals surface area contributed by atoms with Crippen molar-refractivity contribution >= 4 is 28.0 Å².